The Morgan fingerprint density at radius 3 is 1.03 bits per heavy atom. The standard InChI is InChI=1S/C52H96N2O8S2/c1-7-11-15-19-23-27-41-59-51(60-42-28-24-20-16-12-8-2)35-33-49(55)57-45-31-37-53(5)39-47-63-64-48-40-54(6)38-32-46-58-50(56)34-36-52(61-43-29-25-21-17-13-9-3)62-44-30-26-22-18-14-10-4/h11-18,51-52H,7-10,19-48H2,1-6H3/b15-11-,16-12-,17-13-,18-14-. The fourth-order valence-electron chi connectivity index (χ4n) is 6.27. The van der Waals surface area contributed by atoms with Crippen molar-refractivity contribution in [2.75, 3.05) is 91.4 Å². The molecule has 0 fully saturated rings. The zero-order chi connectivity index (χ0) is 46.8. The fraction of sp³-hybridized carbons (Fsp3) is 0.808. The van der Waals surface area contributed by atoms with Gasteiger partial charge in [0.25, 0.3) is 0 Å². The van der Waals surface area contributed by atoms with Crippen molar-refractivity contribution in [3.63, 3.8) is 0 Å². The molecule has 0 unspecified atom stereocenters. The Balaban J connectivity index is 4.13. The zero-order valence-corrected chi connectivity index (χ0v) is 43.4. The maximum atomic E-state index is 12.5. The summed E-state index contributed by atoms with van der Waals surface area (Å²) in [5.41, 5.74) is 0. The van der Waals surface area contributed by atoms with Crippen LogP contribution in [0.15, 0.2) is 48.6 Å². The Morgan fingerprint density at radius 2 is 0.734 bits per heavy atom. The average molecular weight is 941 g/mol. The lowest BCUT2D eigenvalue weighted by molar-refractivity contribution is -0.159. The molecule has 0 spiro atoms. The van der Waals surface area contributed by atoms with E-state index in [1.807, 2.05) is 21.6 Å². The number of esters is 2. The number of ether oxygens (including phenoxy) is 6. The molecule has 0 rings (SSSR count). The van der Waals surface area contributed by atoms with Gasteiger partial charge in [0.2, 0.25) is 0 Å². The second kappa shape index (κ2) is 50.8. The van der Waals surface area contributed by atoms with Crippen molar-refractivity contribution in [2.24, 2.45) is 0 Å². The summed E-state index contributed by atoms with van der Waals surface area (Å²) < 4.78 is 35.3. The molecular weight excluding hydrogens is 845 g/mol. The molecule has 0 aromatic heterocycles. The van der Waals surface area contributed by atoms with Gasteiger partial charge in [-0.2, -0.15) is 0 Å². The van der Waals surface area contributed by atoms with E-state index in [1.54, 1.807) is 0 Å². The molecule has 0 N–H and O–H groups in total. The number of unbranched alkanes of at least 4 members (excludes halogenated alkanes) is 8. The number of carbonyl (C=O) groups is 2. The van der Waals surface area contributed by atoms with Gasteiger partial charge in [0.15, 0.2) is 12.6 Å². The van der Waals surface area contributed by atoms with Crippen LogP contribution in [-0.4, -0.2) is 126 Å². The Morgan fingerprint density at radius 1 is 0.422 bits per heavy atom. The maximum absolute atomic E-state index is 12.5. The van der Waals surface area contributed by atoms with E-state index in [1.165, 1.54) is 0 Å². The molecule has 0 aromatic carbocycles. The highest BCUT2D eigenvalue weighted by Crippen LogP contribution is 2.21. The SMILES string of the molecule is CC/C=C\CCCCOC(CCC(=O)OCCCN(C)CCSSCCN(C)CCCOC(=O)CCC(OCCCC/C=C\CC)OCCCC/C=C\CC)OCCCC/C=C\CC. The molecule has 0 bridgehead atoms. The summed E-state index contributed by atoms with van der Waals surface area (Å²) in [6.07, 6.45) is 37.2. The minimum absolute atomic E-state index is 0.183. The van der Waals surface area contributed by atoms with E-state index in [0.29, 0.717) is 65.3 Å². The first-order valence-corrected chi connectivity index (χ1v) is 27.8. The Hall–Kier alpha value is -1.64. The van der Waals surface area contributed by atoms with Crippen molar-refractivity contribution in [2.45, 2.75) is 182 Å². The first-order valence-electron chi connectivity index (χ1n) is 25.3. The van der Waals surface area contributed by atoms with Crippen LogP contribution in [0.5, 0.6) is 0 Å². The van der Waals surface area contributed by atoms with Crippen LogP contribution in [0, 0.1) is 0 Å². The van der Waals surface area contributed by atoms with Gasteiger partial charge in [-0.05, 0) is 130 Å². The summed E-state index contributed by atoms with van der Waals surface area (Å²) in [6.45, 7) is 15.8. The van der Waals surface area contributed by atoms with Crippen LogP contribution in [0.1, 0.15) is 169 Å². The smallest absolute Gasteiger partial charge is 0.305 e. The summed E-state index contributed by atoms with van der Waals surface area (Å²) in [5, 5.41) is 0. The molecule has 0 heterocycles. The molecule has 0 aromatic rings. The van der Waals surface area contributed by atoms with Crippen LogP contribution in [-0.2, 0) is 38.0 Å². The molecule has 64 heavy (non-hydrogen) atoms. The van der Waals surface area contributed by atoms with Gasteiger partial charge in [-0.3, -0.25) is 9.59 Å². The molecular formula is C52H96N2O8S2. The van der Waals surface area contributed by atoms with Crippen molar-refractivity contribution in [1.82, 2.24) is 9.80 Å². The van der Waals surface area contributed by atoms with Crippen LogP contribution in [0.25, 0.3) is 0 Å². The summed E-state index contributed by atoms with van der Waals surface area (Å²) in [5.74, 6) is 1.71. The topological polar surface area (TPSA) is 96.0 Å². The second-order valence-corrected chi connectivity index (χ2v) is 19.0. The zero-order valence-electron chi connectivity index (χ0n) is 41.8. The van der Waals surface area contributed by atoms with Gasteiger partial charge < -0.3 is 38.2 Å². The van der Waals surface area contributed by atoms with Crippen LogP contribution < -0.4 is 0 Å². The van der Waals surface area contributed by atoms with Gasteiger partial charge in [0.05, 0.1) is 26.1 Å². The number of allylic oxidation sites excluding steroid dienone is 8. The minimum atomic E-state index is -0.365. The Kier molecular flexibility index (Phi) is 49.5. The summed E-state index contributed by atoms with van der Waals surface area (Å²) >= 11 is 0. The van der Waals surface area contributed by atoms with Crippen LogP contribution in [0.2, 0.25) is 0 Å². The molecule has 10 nitrogen and oxygen atoms in total. The van der Waals surface area contributed by atoms with Crippen molar-refractivity contribution in [3.8, 4) is 0 Å². The lowest BCUT2D eigenvalue weighted by atomic mass is 10.2. The first kappa shape index (κ1) is 62.4. The molecule has 0 saturated heterocycles. The van der Waals surface area contributed by atoms with E-state index in [4.69, 9.17) is 28.4 Å². The third kappa shape index (κ3) is 46.9. The number of hydrogen-bond acceptors (Lipinski definition) is 12. The van der Waals surface area contributed by atoms with Crippen molar-refractivity contribution in [1.29, 1.82) is 0 Å². The van der Waals surface area contributed by atoms with Gasteiger partial charge in [0, 0.05) is 77.0 Å². The number of nitrogens with zero attached hydrogens (tertiary/aromatic N) is 2. The molecule has 12 heteroatoms. The third-order valence-corrected chi connectivity index (χ3v) is 12.5. The first-order chi connectivity index (χ1) is 31.4. The Labute approximate surface area is 401 Å². The largest absolute Gasteiger partial charge is 0.466 e. The van der Waals surface area contributed by atoms with Crippen molar-refractivity contribution >= 4 is 33.5 Å². The lowest BCUT2D eigenvalue weighted by Crippen LogP contribution is -2.24. The minimum Gasteiger partial charge on any atom is -0.466 e. The highest BCUT2D eigenvalue weighted by Gasteiger charge is 2.15. The van der Waals surface area contributed by atoms with Crippen molar-refractivity contribution in [3.05, 3.63) is 48.6 Å². The monoisotopic (exact) mass is 941 g/mol. The molecule has 0 aliphatic rings. The van der Waals surface area contributed by atoms with E-state index in [-0.39, 0.29) is 24.5 Å². The van der Waals surface area contributed by atoms with E-state index >= 15 is 0 Å². The van der Waals surface area contributed by atoms with Gasteiger partial charge in [-0.15, -0.1) is 0 Å². The number of carbonyl (C=O) groups excluding carboxylic acids is 2. The molecule has 0 aliphatic heterocycles. The van der Waals surface area contributed by atoms with Crippen molar-refractivity contribution < 1.29 is 38.0 Å². The predicted molar refractivity (Wildman–Crippen MR) is 274 cm³/mol. The summed E-state index contributed by atoms with van der Waals surface area (Å²) in [4.78, 5) is 29.7. The quantitative estimate of drug-likeness (QED) is 0.0191. The summed E-state index contributed by atoms with van der Waals surface area (Å²) in [6, 6.07) is 0. The highest BCUT2D eigenvalue weighted by atomic mass is 33.1. The van der Waals surface area contributed by atoms with Gasteiger partial charge >= 0.3 is 11.9 Å². The third-order valence-electron chi connectivity index (χ3n) is 10.1. The maximum Gasteiger partial charge on any atom is 0.305 e. The Bertz CT molecular complexity index is 1010. The predicted octanol–water partition coefficient (Wildman–Crippen LogP) is 12.9. The molecule has 0 radical (unpaired) electrons. The van der Waals surface area contributed by atoms with Crippen LogP contribution in [0.3, 0.4) is 0 Å². The molecule has 0 amide bonds. The van der Waals surface area contributed by atoms with Crippen LogP contribution in [0.4, 0.5) is 0 Å². The van der Waals surface area contributed by atoms with Crippen LogP contribution >= 0.6 is 21.6 Å². The van der Waals surface area contributed by atoms with Gasteiger partial charge in [-0.25, -0.2) is 0 Å². The molecule has 374 valence electrons. The lowest BCUT2D eigenvalue weighted by Gasteiger charge is -2.19. The number of rotatable bonds is 49. The van der Waals surface area contributed by atoms with Gasteiger partial charge in [-0.1, -0.05) is 97.9 Å². The normalized spacial score (nSPS) is 12.3. The highest BCUT2D eigenvalue weighted by molar-refractivity contribution is 8.76. The molecule has 0 saturated carbocycles. The van der Waals surface area contributed by atoms with E-state index < -0.39 is 0 Å². The molecule has 0 atom stereocenters. The second-order valence-electron chi connectivity index (χ2n) is 16.3. The molecule has 0 aliphatic carbocycles. The van der Waals surface area contributed by atoms with E-state index in [2.05, 4.69) is 100 Å². The number of hydrogen-bond donors (Lipinski definition) is 0. The fourth-order valence-corrected chi connectivity index (χ4v) is 8.43. The van der Waals surface area contributed by atoms with E-state index in [0.717, 1.165) is 153 Å². The summed E-state index contributed by atoms with van der Waals surface area (Å²) in [7, 11) is 8.04. The van der Waals surface area contributed by atoms with Gasteiger partial charge in [0.1, 0.15) is 0 Å². The average Bonchev–Trinajstić information content (AvgIpc) is 3.29. The van der Waals surface area contributed by atoms with E-state index in [9.17, 15) is 9.59 Å².